The Balaban J connectivity index is 2.75. The third kappa shape index (κ3) is 1.29. The first-order valence-electron chi connectivity index (χ1n) is 3.76. The second-order valence-corrected chi connectivity index (χ2v) is 3.40. The first-order valence-corrected chi connectivity index (χ1v) is 4.56. The highest BCUT2D eigenvalue weighted by Crippen LogP contribution is 2.19. The molecule has 0 aromatic carbocycles. The summed E-state index contributed by atoms with van der Waals surface area (Å²) in [5, 5.41) is 0. The first-order chi connectivity index (χ1) is 6.22. The third-order valence-electron chi connectivity index (χ3n) is 1.79. The maximum atomic E-state index is 5.05. The molecule has 0 aliphatic rings. The molecular weight excluding hydrogens is 234 g/mol. The molecule has 68 valence electrons. The quantitative estimate of drug-likeness (QED) is 0.765. The number of imidazole rings is 1. The van der Waals surface area contributed by atoms with Crippen molar-refractivity contribution in [1.82, 2.24) is 14.4 Å². The molecule has 2 heterocycles. The fourth-order valence-electron chi connectivity index (χ4n) is 1.10. The molecule has 13 heavy (non-hydrogen) atoms. The van der Waals surface area contributed by atoms with Crippen LogP contribution in [0.1, 0.15) is 5.69 Å². The zero-order valence-corrected chi connectivity index (χ0v) is 8.87. The molecule has 0 spiro atoms. The maximum absolute atomic E-state index is 5.05. The van der Waals surface area contributed by atoms with Crippen molar-refractivity contribution in [2.75, 3.05) is 7.11 Å². The number of halogens is 1. The van der Waals surface area contributed by atoms with Crippen LogP contribution in [0.25, 0.3) is 5.78 Å². The summed E-state index contributed by atoms with van der Waals surface area (Å²) in [5.74, 6) is 1.38. The molecule has 0 fully saturated rings. The van der Waals surface area contributed by atoms with Gasteiger partial charge in [-0.3, -0.25) is 4.40 Å². The van der Waals surface area contributed by atoms with Crippen LogP contribution in [-0.4, -0.2) is 21.5 Å². The van der Waals surface area contributed by atoms with E-state index in [1.807, 2.05) is 17.5 Å². The highest BCUT2D eigenvalue weighted by Gasteiger charge is 2.06. The minimum absolute atomic E-state index is 0.671. The van der Waals surface area contributed by atoms with E-state index in [1.165, 1.54) is 0 Å². The fraction of sp³-hybridized carbons (Fsp3) is 0.250. The van der Waals surface area contributed by atoms with E-state index in [4.69, 9.17) is 4.74 Å². The van der Waals surface area contributed by atoms with Crippen molar-refractivity contribution in [1.29, 1.82) is 0 Å². The van der Waals surface area contributed by atoms with Crippen molar-refractivity contribution in [2.24, 2.45) is 0 Å². The molecule has 0 radical (unpaired) electrons. The van der Waals surface area contributed by atoms with Crippen LogP contribution in [-0.2, 0) is 0 Å². The highest BCUT2D eigenvalue weighted by molar-refractivity contribution is 9.10. The highest BCUT2D eigenvalue weighted by atomic mass is 79.9. The van der Waals surface area contributed by atoms with E-state index in [-0.39, 0.29) is 0 Å². The number of nitrogens with zero attached hydrogens (tertiary/aromatic N) is 3. The van der Waals surface area contributed by atoms with Gasteiger partial charge in [0.1, 0.15) is 4.60 Å². The van der Waals surface area contributed by atoms with Crippen LogP contribution >= 0.6 is 15.9 Å². The summed E-state index contributed by atoms with van der Waals surface area (Å²) in [7, 11) is 1.61. The van der Waals surface area contributed by atoms with Crippen molar-refractivity contribution in [3.8, 4) is 5.75 Å². The zero-order valence-electron chi connectivity index (χ0n) is 7.28. The molecule has 0 saturated carbocycles. The van der Waals surface area contributed by atoms with Crippen LogP contribution in [0.2, 0.25) is 0 Å². The van der Waals surface area contributed by atoms with Gasteiger partial charge in [-0.2, -0.15) is 0 Å². The van der Waals surface area contributed by atoms with Crippen LogP contribution in [0.5, 0.6) is 5.75 Å². The molecule has 0 atom stereocenters. The van der Waals surface area contributed by atoms with E-state index in [0.717, 1.165) is 10.3 Å². The summed E-state index contributed by atoms with van der Waals surface area (Å²) in [4.78, 5) is 8.37. The van der Waals surface area contributed by atoms with Gasteiger partial charge in [-0.1, -0.05) is 0 Å². The Labute approximate surface area is 83.7 Å². The average molecular weight is 242 g/mol. The maximum Gasteiger partial charge on any atom is 0.235 e. The molecule has 0 unspecified atom stereocenters. The number of hydrogen-bond donors (Lipinski definition) is 0. The number of fused-ring (bicyclic) bond motifs is 1. The summed E-state index contributed by atoms with van der Waals surface area (Å²) in [6.45, 7) is 1.92. The Hall–Kier alpha value is -1.10. The molecule has 0 saturated heterocycles. The van der Waals surface area contributed by atoms with Crippen LogP contribution in [0.4, 0.5) is 0 Å². The lowest BCUT2D eigenvalue weighted by atomic mass is 10.5. The van der Waals surface area contributed by atoms with Crippen LogP contribution in [0.15, 0.2) is 17.0 Å². The largest absolute Gasteiger partial charge is 0.494 e. The number of aryl methyl sites for hydroxylation is 1. The Kier molecular flexibility index (Phi) is 1.95. The van der Waals surface area contributed by atoms with Crippen molar-refractivity contribution >= 4 is 21.7 Å². The Morgan fingerprint density at radius 3 is 3.00 bits per heavy atom. The van der Waals surface area contributed by atoms with Gasteiger partial charge in [0.05, 0.1) is 25.2 Å². The van der Waals surface area contributed by atoms with E-state index < -0.39 is 0 Å². The lowest BCUT2D eigenvalue weighted by Crippen LogP contribution is -1.91. The zero-order chi connectivity index (χ0) is 9.42. The molecule has 2 aromatic rings. The van der Waals surface area contributed by atoms with Crippen molar-refractivity contribution in [3.05, 3.63) is 22.7 Å². The predicted molar refractivity (Wildman–Crippen MR) is 52.0 cm³/mol. The third-order valence-corrected chi connectivity index (χ3v) is 2.75. The number of hydrogen-bond acceptors (Lipinski definition) is 3. The normalized spacial score (nSPS) is 10.7. The van der Waals surface area contributed by atoms with Gasteiger partial charge in [-0.15, -0.1) is 0 Å². The molecule has 5 heteroatoms. The van der Waals surface area contributed by atoms with Gasteiger partial charge in [-0.05, 0) is 22.9 Å². The van der Waals surface area contributed by atoms with Gasteiger partial charge >= 0.3 is 0 Å². The Morgan fingerprint density at radius 2 is 2.31 bits per heavy atom. The van der Waals surface area contributed by atoms with Crippen molar-refractivity contribution in [2.45, 2.75) is 6.92 Å². The van der Waals surface area contributed by atoms with Gasteiger partial charge in [-0.25, -0.2) is 9.97 Å². The topological polar surface area (TPSA) is 39.4 Å². The summed E-state index contributed by atoms with van der Waals surface area (Å²) < 4.78 is 7.81. The second-order valence-electron chi connectivity index (χ2n) is 2.65. The number of methoxy groups -OCH3 is 1. The molecule has 2 aromatic heterocycles. The lowest BCUT2D eigenvalue weighted by molar-refractivity contribution is 0.410. The minimum Gasteiger partial charge on any atom is -0.494 e. The Morgan fingerprint density at radius 1 is 1.54 bits per heavy atom. The van der Waals surface area contributed by atoms with Gasteiger partial charge in [0.15, 0.2) is 5.75 Å². The minimum atomic E-state index is 0.671. The van der Waals surface area contributed by atoms with Gasteiger partial charge in [0, 0.05) is 0 Å². The van der Waals surface area contributed by atoms with E-state index in [9.17, 15) is 0 Å². The summed E-state index contributed by atoms with van der Waals surface area (Å²) in [5.41, 5.74) is 0.917. The molecule has 0 N–H and O–H groups in total. The van der Waals surface area contributed by atoms with Crippen LogP contribution in [0, 0.1) is 6.92 Å². The first kappa shape index (κ1) is 8.50. The molecule has 4 nitrogen and oxygen atoms in total. The summed E-state index contributed by atoms with van der Waals surface area (Å²) in [6, 6.07) is 0. The van der Waals surface area contributed by atoms with E-state index in [0.29, 0.717) is 11.5 Å². The molecule has 0 aliphatic carbocycles. The second kappa shape index (κ2) is 2.99. The predicted octanol–water partition coefficient (Wildman–Crippen LogP) is 1.81. The molecule has 0 bridgehead atoms. The SMILES string of the molecule is COc1cnc2nc(C)c(Br)n2c1. The number of aromatic nitrogens is 3. The summed E-state index contributed by atoms with van der Waals surface area (Å²) in [6.07, 6.45) is 3.49. The monoisotopic (exact) mass is 241 g/mol. The lowest BCUT2D eigenvalue weighted by Gasteiger charge is -1.99. The van der Waals surface area contributed by atoms with E-state index in [2.05, 4.69) is 25.9 Å². The molecule has 2 rings (SSSR count). The molecule has 0 amide bonds. The fourth-order valence-corrected chi connectivity index (χ4v) is 1.45. The molecule has 0 aliphatic heterocycles. The standard InChI is InChI=1S/C8H8BrN3O/c1-5-7(9)12-4-6(13-2)3-10-8(12)11-5/h3-4H,1-2H3. The van der Waals surface area contributed by atoms with Crippen molar-refractivity contribution < 1.29 is 4.74 Å². The van der Waals surface area contributed by atoms with Gasteiger partial charge < -0.3 is 4.74 Å². The van der Waals surface area contributed by atoms with Gasteiger partial charge in [0.2, 0.25) is 5.78 Å². The van der Waals surface area contributed by atoms with Crippen molar-refractivity contribution in [3.63, 3.8) is 0 Å². The van der Waals surface area contributed by atoms with Gasteiger partial charge in [0.25, 0.3) is 0 Å². The summed E-state index contributed by atoms with van der Waals surface area (Å²) >= 11 is 3.42. The average Bonchev–Trinajstić information content (AvgIpc) is 2.43. The number of ether oxygens (including phenoxy) is 1. The Bertz CT molecular complexity index is 452. The van der Waals surface area contributed by atoms with Crippen LogP contribution < -0.4 is 4.74 Å². The smallest absolute Gasteiger partial charge is 0.235 e. The number of rotatable bonds is 1. The van der Waals surface area contributed by atoms with E-state index in [1.54, 1.807) is 13.3 Å². The van der Waals surface area contributed by atoms with E-state index >= 15 is 0 Å². The van der Waals surface area contributed by atoms with Crippen LogP contribution in [0.3, 0.4) is 0 Å². The molecular formula is C8H8BrN3O.